The van der Waals surface area contributed by atoms with E-state index in [1.807, 2.05) is 18.2 Å². The quantitative estimate of drug-likeness (QED) is 0.846. The van der Waals surface area contributed by atoms with Crippen molar-refractivity contribution in [3.8, 4) is 5.75 Å². The number of anilines is 1. The Morgan fingerprint density at radius 2 is 1.96 bits per heavy atom. The standard InChI is InChI=1S/C19H24N4O3/c1-22-8-10-23(11-9-22)13-14-6-7-17(26-2)16(12-14)21-19(25)15-4-3-5-18(24)20-15/h3-7,12H,8-11,13H2,1-2H3,(H,20,24)(H,21,25). The van der Waals surface area contributed by atoms with Crippen molar-refractivity contribution >= 4 is 11.6 Å². The van der Waals surface area contributed by atoms with Gasteiger partial charge in [0.15, 0.2) is 0 Å². The number of nitrogens with zero attached hydrogens (tertiary/aromatic N) is 2. The number of pyridine rings is 1. The molecule has 0 bridgehead atoms. The molecule has 1 saturated heterocycles. The zero-order chi connectivity index (χ0) is 18.5. The lowest BCUT2D eigenvalue weighted by Gasteiger charge is -2.32. The van der Waals surface area contributed by atoms with Gasteiger partial charge in [-0.25, -0.2) is 0 Å². The van der Waals surface area contributed by atoms with Crippen LogP contribution in [0.5, 0.6) is 5.75 Å². The molecule has 2 aromatic rings. The van der Waals surface area contributed by atoms with Crippen molar-refractivity contribution in [1.82, 2.24) is 14.8 Å². The molecule has 1 aliphatic heterocycles. The SMILES string of the molecule is COc1ccc(CN2CCN(C)CC2)cc1NC(=O)c1cccc(=O)[nH]1. The summed E-state index contributed by atoms with van der Waals surface area (Å²) in [7, 11) is 3.70. The molecule has 0 spiro atoms. The molecule has 2 N–H and O–H groups in total. The van der Waals surface area contributed by atoms with Crippen LogP contribution >= 0.6 is 0 Å². The lowest BCUT2D eigenvalue weighted by atomic mass is 10.1. The third-order valence-electron chi connectivity index (χ3n) is 4.53. The van der Waals surface area contributed by atoms with E-state index in [1.54, 1.807) is 19.2 Å². The Bertz CT molecular complexity index is 826. The molecule has 1 aromatic heterocycles. The summed E-state index contributed by atoms with van der Waals surface area (Å²) >= 11 is 0. The lowest BCUT2D eigenvalue weighted by molar-refractivity contribution is 0.102. The number of nitrogens with one attached hydrogen (secondary N) is 2. The van der Waals surface area contributed by atoms with Crippen LogP contribution in [0.4, 0.5) is 5.69 Å². The number of hydrogen-bond donors (Lipinski definition) is 2. The van der Waals surface area contributed by atoms with Gasteiger partial charge >= 0.3 is 0 Å². The van der Waals surface area contributed by atoms with E-state index in [2.05, 4.69) is 27.1 Å². The van der Waals surface area contributed by atoms with E-state index >= 15 is 0 Å². The topological polar surface area (TPSA) is 77.7 Å². The molecule has 1 aliphatic rings. The minimum Gasteiger partial charge on any atom is -0.495 e. The molecular weight excluding hydrogens is 332 g/mol. The third kappa shape index (κ3) is 4.50. The number of aromatic amines is 1. The molecule has 1 amide bonds. The Kier molecular flexibility index (Phi) is 5.70. The monoisotopic (exact) mass is 356 g/mol. The molecule has 7 heteroatoms. The molecule has 138 valence electrons. The van der Waals surface area contributed by atoms with Crippen LogP contribution in [0.1, 0.15) is 16.1 Å². The van der Waals surface area contributed by atoms with Crippen molar-refractivity contribution in [1.29, 1.82) is 0 Å². The Labute approximate surface area is 152 Å². The Morgan fingerprint density at radius 1 is 1.19 bits per heavy atom. The molecule has 3 rings (SSSR count). The second kappa shape index (κ2) is 8.16. The summed E-state index contributed by atoms with van der Waals surface area (Å²) in [5.74, 6) is 0.205. The van der Waals surface area contributed by atoms with Crippen LogP contribution in [0.15, 0.2) is 41.2 Å². The van der Waals surface area contributed by atoms with Gasteiger partial charge in [0.2, 0.25) is 5.56 Å². The van der Waals surface area contributed by atoms with Gasteiger partial charge in [0.05, 0.1) is 12.8 Å². The van der Waals surface area contributed by atoms with Crippen molar-refractivity contribution in [2.75, 3.05) is 45.7 Å². The van der Waals surface area contributed by atoms with Gasteiger partial charge in [-0.2, -0.15) is 0 Å². The predicted molar refractivity (Wildman–Crippen MR) is 101 cm³/mol. The summed E-state index contributed by atoms with van der Waals surface area (Å²) < 4.78 is 5.36. The summed E-state index contributed by atoms with van der Waals surface area (Å²) in [6, 6.07) is 10.3. The number of aromatic nitrogens is 1. The van der Waals surface area contributed by atoms with Gasteiger partial charge in [-0.1, -0.05) is 12.1 Å². The molecule has 0 unspecified atom stereocenters. The average molecular weight is 356 g/mol. The number of amides is 1. The summed E-state index contributed by atoms with van der Waals surface area (Å²) in [5, 5.41) is 2.83. The second-order valence-electron chi connectivity index (χ2n) is 6.50. The van der Waals surface area contributed by atoms with E-state index in [9.17, 15) is 9.59 Å². The fourth-order valence-electron chi connectivity index (χ4n) is 2.99. The second-order valence-corrected chi connectivity index (χ2v) is 6.50. The molecule has 0 radical (unpaired) electrons. The van der Waals surface area contributed by atoms with E-state index in [-0.39, 0.29) is 17.2 Å². The zero-order valence-electron chi connectivity index (χ0n) is 15.1. The van der Waals surface area contributed by atoms with E-state index in [4.69, 9.17) is 4.74 Å². The number of rotatable bonds is 5. The highest BCUT2D eigenvalue weighted by molar-refractivity contribution is 6.03. The van der Waals surface area contributed by atoms with Crippen LogP contribution in [0.25, 0.3) is 0 Å². The van der Waals surface area contributed by atoms with E-state index in [0.717, 1.165) is 38.3 Å². The summed E-state index contributed by atoms with van der Waals surface area (Å²) in [6.07, 6.45) is 0. The number of carbonyl (C=O) groups is 1. The smallest absolute Gasteiger partial charge is 0.272 e. The molecule has 2 heterocycles. The molecule has 26 heavy (non-hydrogen) atoms. The lowest BCUT2D eigenvalue weighted by Crippen LogP contribution is -2.43. The third-order valence-corrected chi connectivity index (χ3v) is 4.53. The number of methoxy groups -OCH3 is 1. The number of carbonyl (C=O) groups excluding carboxylic acids is 1. The fourth-order valence-corrected chi connectivity index (χ4v) is 2.99. The number of H-pyrrole nitrogens is 1. The average Bonchev–Trinajstić information content (AvgIpc) is 2.64. The first-order valence-electron chi connectivity index (χ1n) is 8.63. The van der Waals surface area contributed by atoms with Gasteiger partial charge in [-0.05, 0) is 30.8 Å². The van der Waals surface area contributed by atoms with Crippen LogP contribution in [0.2, 0.25) is 0 Å². The van der Waals surface area contributed by atoms with Crippen molar-refractivity contribution < 1.29 is 9.53 Å². The summed E-state index contributed by atoms with van der Waals surface area (Å²) in [6.45, 7) is 4.98. The van der Waals surface area contributed by atoms with Crippen molar-refractivity contribution in [2.24, 2.45) is 0 Å². The maximum Gasteiger partial charge on any atom is 0.272 e. The highest BCUT2D eigenvalue weighted by Crippen LogP contribution is 2.26. The summed E-state index contributed by atoms with van der Waals surface area (Å²) in [4.78, 5) is 31.1. The normalized spacial score (nSPS) is 15.6. The minimum atomic E-state index is -0.377. The number of benzene rings is 1. The first kappa shape index (κ1) is 18.2. The van der Waals surface area contributed by atoms with Gasteiger partial charge in [-0.3, -0.25) is 14.5 Å². The first-order valence-corrected chi connectivity index (χ1v) is 8.63. The van der Waals surface area contributed by atoms with E-state index in [0.29, 0.717) is 11.4 Å². The van der Waals surface area contributed by atoms with Crippen molar-refractivity contribution in [3.63, 3.8) is 0 Å². The fraction of sp³-hybridized carbons (Fsp3) is 0.368. The van der Waals surface area contributed by atoms with Crippen LogP contribution in [0.3, 0.4) is 0 Å². The number of hydrogen-bond acceptors (Lipinski definition) is 5. The van der Waals surface area contributed by atoms with Crippen molar-refractivity contribution in [2.45, 2.75) is 6.54 Å². The number of ether oxygens (including phenoxy) is 1. The van der Waals surface area contributed by atoms with E-state index < -0.39 is 0 Å². The van der Waals surface area contributed by atoms with Crippen LogP contribution in [-0.2, 0) is 6.54 Å². The van der Waals surface area contributed by atoms with E-state index in [1.165, 1.54) is 6.07 Å². The van der Waals surface area contributed by atoms with Crippen LogP contribution in [-0.4, -0.2) is 61.0 Å². The van der Waals surface area contributed by atoms with Crippen LogP contribution < -0.4 is 15.6 Å². The highest BCUT2D eigenvalue weighted by Gasteiger charge is 2.16. The molecular formula is C19H24N4O3. The first-order chi connectivity index (χ1) is 12.5. The molecule has 1 aromatic carbocycles. The Morgan fingerprint density at radius 3 is 2.65 bits per heavy atom. The minimum absolute atomic E-state index is 0.212. The van der Waals surface area contributed by atoms with Crippen LogP contribution in [0, 0.1) is 0 Å². The maximum absolute atomic E-state index is 12.4. The molecule has 1 fully saturated rings. The Balaban J connectivity index is 1.75. The predicted octanol–water partition coefficient (Wildman–Crippen LogP) is 1.38. The van der Waals surface area contributed by atoms with Crippen molar-refractivity contribution in [3.05, 3.63) is 58.0 Å². The largest absolute Gasteiger partial charge is 0.495 e. The molecule has 0 saturated carbocycles. The number of likely N-dealkylation sites (N-methyl/N-ethyl adjacent to an activating group) is 1. The van der Waals surface area contributed by atoms with Gasteiger partial charge in [0, 0.05) is 38.8 Å². The summed E-state index contributed by atoms with van der Waals surface area (Å²) in [5.41, 5.74) is 1.60. The van der Waals surface area contributed by atoms with Gasteiger partial charge < -0.3 is 19.9 Å². The molecule has 7 nitrogen and oxygen atoms in total. The maximum atomic E-state index is 12.4. The zero-order valence-corrected chi connectivity index (χ0v) is 15.1. The molecule has 0 atom stereocenters. The molecule has 0 aliphatic carbocycles. The Hall–Kier alpha value is -2.64. The van der Waals surface area contributed by atoms with Gasteiger partial charge in [-0.15, -0.1) is 0 Å². The number of piperazine rings is 1. The van der Waals surface area contributed by atoms with Gasteiger partial charge in [0.25, 0.3) is 5.91 Å². The highest BCUT2D eigenvalue weighted by atomic mass is 16.5. The van der Waals surface area contributed by atoms with Gasteiger partial charge in [0.1, 0.15) is 11.4 Å².